The van der Waals surface area contributed by atoms with E-state index in [1.807, 2.05) is 0 Å². The standard InChI is InChI=1S/C18H12F3N5O/c19-9-4-5-10(12(8-9)15(20)21)16-24-13-3-1-2-11(14(13)25-16)17(27)26-18-22-6-7-23-18/h1-8,15H,(H,24,25)(H2,22,23,26,27). The maximum absolute atomic E-state index is 13.4. The molecule has 0 aliphatic carbocycles. The Morgan fingerprint density at radius 3 is 2.78 bits per heavy atom. The normalized spacial score (nSPS) is 11.3. The number of hydrogen-bond acceptors (Lipinski definition) is 3. The molecular formula is C18H12F3N5O. The van der Waals surface area contributed by atoms with Crippen LogP contribution in [0.2, 0.25) is 0 Å². The maximum atomic E-state index is 13.4. The number of H-pyrrole nitrogens is 2. The molecule has 27 heavy (non-hydrogen) atoms. The lowest BCUT2D eigenvalue weighted by atomic mass is 10.1. The molecule has 0 saturated carbocycles. The van der Waals surface area contributed by atoms with E-state index >= 15 is 0 Å². The summed E-state index contributed by atoms with van der Waals surface area (Å²) in [4.78, 5) is 26.4. The first-order valence-corrected chi connectivity index (χ1v) is 7.90. The molecule has 0 saturated heterocycles. The van der Waals surface area contributed by atoms with E-state index < -0.39 is 23.7 Å². The number of halogens is 3. The summed E-state index contributed by atoms with van der Waals surface area (Å²) < 4.78 is 39.9. The van der Waals surface area contributed by atoms with Crippen molar-refractivity contribution in [1.29, 1.82) is 0 Å². The number of carbonyl (C=O) groups excluding carboxylic acids is 1. The van der Waals surface area contributed by atoms with E-state index in [1.54, 1.807) is 24.4 Å². The van der Waals surface area contributed by atoms with Gasteiger partial charge in [0.25, 0.3) is 12.3 Å². The summed E-state index contributed by atoms with van der Waals surface area (Å²) in [5.41, 5.74) is 0.630. The first-order chi connectivity index (χ1) is 13.0. The van der Waals surface area contributed by atoms with Gasteiger partial charge < -0.3 is 9.97 Å². The number of para-hydroxylation sites is 1. The highest BCUT2D eigenvalue weighted by Gasteiger charge is 2.20. The second-order valence-corrected chi connectivity index (χ2v) is 5.71. The zero-order valence-corrected chi connectivity index (χ0v) is 13.6. The summed E-state index contributed by atoms with van der Waals surface area (Å²) in [6.45, 7) is 0. The molecule has 9 heteroatoms. The van der Waals surface area contributed by atoms with Crippen LogP contribution < -0.4 is 5.32 Å². The van der Waals surface area contributed by atoms with E-state index in [1.165, 1.54) is 12.3 Å². The van der Waals surface area contributed by atoms with Crippen molar-refractivity contribution in [3.8, 4) is 11.4 Å². The number of imidazole rings is 2. The number of nitrogens with zero attached hydrogens (tertiary/aromatic N) is 2. The minimum Gasteiger partial charge on any atom is -0.338 e. The van der Waals surface area contributed by atoms with Crippen molar-refractivity contribution in [2.45, 2.75) is 6.43 Å². The van der Waals surface area contributed by atoms with Gasteiger partial charge in [0.1, 0.15) is 17.2 Å². The highest BCUT2D eigenvalue weighted by molar-refractivity contribution is 6.11. The van der Waals surface area contributed by atoms with Gasteiger partial charge in [-0.25, -0.2) is 23.1 Å². The van der Waals surface area contributed by atoms with Crippen LogP contribution in [0.1, 0.15) is 22.3 Å². The second-order valence-electron chi connectivity index (χ2n) is 5.71. The van der Waals surface area contributed by atoms with Crippen molar-refractivity contribution in [2.75, 3.05) is 5.32 Å². The Morgan fingerprint density at radius 2 is 2.04 bits per heavy atom. The Hall–Kier alpha value is -3.62. The molecule has 4 rings (SSSR count). The quantitative estimate of drug-likeness (QED) is 0.500. The number of anilines is 1. The zero-order valence-electron chi connectivity index (χ0n) is 13.6. The molecule has 136 valence electrons. The van der Waals surface area contributed by atoms with Gasteiger partial charge >= 0.3 is 0 Å². The van der Waals surface area contributed by atoms with Crippen LogP contribution in [0.25, 0.3) is 22.4 Å². The predicted molar refractivity (Wildman–Crippen MR) is 93.0 cm³/mol. The Bertz CT molecular complexity index is 1120. The zero-order chi connectivity index (χ0) is 19.0. The maximum Gasteiger partial charge on any atom is 0.264 e. The number of aromatic amines is 2. The Labute approximate surface area is 150 Å². The fraction of sp³-hybridized carbons (Fsp3) is 0.0556. The molecule has 1 amide bonds. The van der Waals surface area contributed by atoms with Crippen molar-refractivity contribution in [3.63, 3.8) is 0 Å². The monoisotopic (exact) mass is 371 g/mol. The van der Waals surface area contributed by atoms with Crippen LogP contribution >= 0.6 is 0 Å². The average Bonchev–Trinajstić information content (AvgIpc) is 3.30. The fourth-order valence-electron chi connectivity index (χ4n) is 2.78. The Balaban J connectivity index is 1.79. The van der Waals surface area contributed by atoms with Crippen molar-refractivity contribution in [3.05, 3.63) is 65.7 Å². The molecule has 0 unspecified atom stereocenters. The molecule has 6 nitrogen and oxygen atoms in total. The molecule has 4 aromatic rings. The van der Waals surface area contributed by atoms with Gasteiger partial charge in [0.05, 0.1) is 11.1 Å². The summed E-state index contributed by atoms with van der Waals surface area (Å²) >= 11 is 0. The summed E-state index contributed by atoms with van der Waals surface area (Å²) in [5.74, 6) is -0.824. The van der Waals surface area contributed by atoms with Gasteiger partial charge in [0.15, 0.2) is 0 Å². The third kappa shape index (κ3) is 3.14. The SMILES string of the molecule is O=C(Nc1ncc[nH]1)c1cccc2[nH]c(-c3ccc(F)cc3C(F)F)nc12. The highest BCUT2D eigenvalue weighted by Crippen LogP contribution is 2.32. The third-order valence-corrected chi connectivity index (χ3v) is 3.99. The van der Waals surface area contributed by atoms with E-state index in [9.17, 15) is 18.0 Å². The number of nitrogens with one attached hydrogen (secondary N) is 3. The summed E-state index contributed by atoms with van der Waals surface area (Å²) in [7, 11) is 0. The van der Waals surface area contributed by atoms with Gasteiger partial charge in [-0.2, -0.15) is 0 Å². The molecule has 2 aromatic heterocycles. The number of hydrogen-bond donors (Lipinski definition) is 3. The molecule has 0 fully saturated rings. The molecule has 0 atom stereocenters. The highest BCUT2D eigenvalue weighted by atomic mass is 19.3. The molecule has 0 radical (unpaired) electrons. The minimum absolute atomic E-state index is 0.0694. The van der Waals surface area contributed by atoms with E-state index in [2.05, 4.69) is 25.3 Å². The van der Waals surface area contributed by atoms with Gasteiger partial charge in [-0.1, -0.05) is 6.07 Å². The Kier molecular flexibility index (Phi) is 4.11. The largest absolute Gasteiger partial charge is 0.338 e. The van der Waals surface area contributed by atoms with Crippen LogP contribution in [0.5, 0.6) is 0 Å². The van der Waals surface area contributed by atoms with E-state index in [0.717, 1.165) is 12.1 Å². The molecule has 2 aromatic carbocycles. The van der Waals surface area contributed by atoms with Crippen molar-refractivity contribution >= 4 is 22.9 Å². The van der Waals surface area contributed by atoms with Gasteiger partial charge in [0.2, 0.25) is 5.95 Å². The molecule has 0 spiro atoms. The lowest BCUT2D eigenvalue weighted by Gasteiger charge is -2.06. The number of aromatic nitrogens is 4. The predicted octanol–water partition coefficient (Wildman–Crippen LogP) is 4.28. The van der Waals surface area contributed by atoms with Crippen molar-refractivity contribution in [2.24, 2.45) is 0 Å². The van der Waals surface area contributed by atoms with E-state index in [4.69, 9.17) is 0 Å². The summed E-state index contributed by atoms with van der Waals surface area (Å²) in [6, 6.07) is 7.96. The number of amides is 1. The number of benzene rings is 2. The van der Waals surface area contributed by atoms with Gasteiger partial charge in [-0.05, 0) is 30.3 Å². The number of alkyl halides is 2. The van der Waals surface area contributed by atoms with Crippen LogP contribution in [0.3, 0.4) is 0 Å². The van der Waals surface area contributed by atoms with Gasteiger partial charge in [-0.3, -0.25) is 10.1 Å². The first-order valence-electron chi connectivity index (χ1n) is 7.90. The van der Waals surface area contributed by atoms with Crippen molar-refractivity contribution in [1.82, 2.24) is 19.9 Å². The topological polar surface area (TPSA) is 86.5 Å². The van der Waals surface area contributed by atoms with Crippen LogP contribution in [0.15, 0.2) is 48.8 Å². The number of carbonyl (C=O) groups is 1. The van der Waals surface area contributed by atoms with Crippen molar-refractivity contribution < 1.29 is 18.0 Å². The minimum atomic E-state index is -2.87. The molecule has 0 bridgehead atoms. The fourth-order valence-corrected chi connectivity index (χ4v) is 2.78. The van der Waals surface area contributed by atoms with Gasteiger partial charge in [0, 0.05) is 23.5 Å². The lowest BCUT2D eigenvalue weighted by molar-refractivity contribution is 0.102. The number of rotatable bonds is 4. The Morgan fingerprint density at radius 1 is 1.19 bits per heavy atom. The van der Waals surface area contributed by atoms with E-state index in [-0.39, 0.29) is 22.9 Å². The average molecular weight is 371 g/mol. The third-order valence-electron chi connectivity index (χ3n) is 3.99. The second kappa shape index (κ2) is 6.60. The smallest absolute Gasteiger partial charge is 0.264 e. The van der Waals surface area contributed by atoms with Gasteiger partial charge in [-0.15, -0.1) is 0 Å². The van der Waals surface area contributed by atoms with E-state index in [0.29, 0.717) is 11.0 Å². The lowest BCUT2D eigenvalue weighted by Crippen LogP contribution is -2.13. The molecule has 2 heterocycles. The van der Waals surface area contributed by atoms with Crippen LogP contribution in [-0.2, 0) is 0 Å². The summed E-state index contributed by atoms with van der Waals surface area (Å²) in [5, 5.41) is 2.59. The van der Waals surface area contributed by atoms with Crippen LogP contribution in [-0.4, -0.2) is 25.8 Å². The van der Waals surface area contributed by atoms with Crippen LogP contribution in [0, 0.1) is 5.82 Å². The summed E-state index contributed by atoms with van der Waals surface area (Å²) in [6.07, 6.45) is 0.178. The molecule has 0 aliphatic heterocycles. The number of fused-ring (bicyclic) bond motifs is 1. The first kappa shape index (κ1) is 16.8. The van der Waals surface area contributed by atoms with Crippen LogP contribution in [0.4, 0.5) is 19.1 Å². The molecule has 0 aliphatic rings. The molecular weight excluding hydrogens is 359 g/mol. The molecule has 3 N–H and O–H groups in total.